The average molecular weight is 311 g/mol. The Morgan fingerprint density at radius 1 is 1.32 bits per heavy atom. The van der Waals surface area contributed by atoms with Gasteiger partial charge >= 0.3 is 6.09 Å². The van der Waals surface area contributed by atoms with Gasteiger partial charge in [-0.25, -0.2) is 4.79 Å². The van der Waals surface area contributed by atoms with E-state index < -0.39 is 11.6 Å². The number of rotatable bonds is 4. The Morgan fingerprint density at radius 2 is 1.95 bits per heavy atom. The van der Waals surface area contributed by atoms with Gasteiger partial charge in [-0.3, -0.25) is 4.79 Å². The van der Waals surface area contributed by atoms with Crippen LogP contribution < -0.4 is 5.73 Å². The fourth-order valence-corrected chi connectivity index (χ4v) is 2.88. The van der Waals surface area contributed by atoms with Gasteiger partial charge in [-0.05, 0) is 53.4 Å². The van der Waals surface area contributed by atoms with Crippen molar-refractivity contribution in [1.29, 1.82) is 0 Å². The predicted octanol–water partition coefficient (Wildman–Crippen LogP) is 1.72. The Labute approximate surface area is 132 Å². The second kappa shape index (κ2) is 6.44. The van der Waals surface area contributed by atoms with Gasteiger partial charge in [0, 0.05) is 19.1 Å². The summed E-state index contributed by atoms with van der Waals surface area (Å²) in [6.45, 7) is 8.59. The van der Waals surface area contributed by atoms with E-state index in [-0.39, 0.29) is 18.0 Å². The lowest BCUT2D eigenvalue weighted by atomic mass is 10.2. The zero-order valence-corrected chi connectivity index (χ0v) is 14.2. The maximum Gasteiger partial charge on any atom is 0.410 e. The number of amides is 2. The van der Waals surface area contributed by atoms with Gasteiger partial charge < -0.3 is 20.3 Å². The quantitative estimate of drug-likeness (QED) is 0.858. The van der Waals surface area contributed by atoms with E-state index in [0.717, 1.165) is 25.7 Å². The fourth-order valence-electron chi connectivity index (χ4n) is 2.88. The first-order valence-corrected chi connectivity index (χ1v) is 8.24. The molecule has 0 aromatic rings. The molecule has 2 rings (SSSR count). The molecule has 6 nitrogen and oxygen atoms in total. The maximum atomic E-state index is 12.3. The number of nitrogens with zero attached hydrogens (tertiary/aromatic N) is 2. The molecule has 6 heteroatoms. The van der Waals surface area contributed by atoms with Gasteiger partial charge in [0.2, 0.25) is 5.91 Å². The van der Waals surface area contributed by atoms with Crippen LogP contribution in [0.5, 0.6) is 0 Å². The van der Waals surface area contributed by atoms with Crippen LogP contribution in [0.25, 0.3) is 0 Å². The molecule has 2 aliphatic rings. The molecule has 1 saturated carbocycles. The first kappa shape index (κ1) is 17.1. The Bertz CT molecular complexity index is 427. The lowest BCUT2D eigenvalue weighted by Gasteiger charge is -2.33. The van der Waals surface area contributed by atoms with Gasteiger partial charge in [-0.1, -0.05) is 0 Å². The Hall–Kier alpha value is -1.30. The van der Waals surface area contributed by atoms with Crippen molar-refractivity contribution in [2.75, 3.05) is 13.1 Å². The van der Waals surface area contributed by atoms with Crippen LogP contribution in [0.2, 0.25) is 0 Å². The second-order valence-electron chi connectivity index (χ2n) is 7.48. The first-order valence-electron chi connectivity index (χ1n) is 8.24. The van der Waals surface area contributed by atoms with Crippen LogP contribution in [-0.2, 0) is 9.53 Å². The Morgan fingerprint density at radius 3 is 2.45 bits per heavy atom. The molecule has 0 aromatic heterocycles. The van der Waals surface area contributed by atoms with Crippen LogP contribution in [0.15, 0.2) is 0 Å². The second-order valence-corrected chi connectivity index (χ2v) is 7.48. The van der Waals surface area contributed by atoms with Crippen molar-refractivity contribution in [2.45, 2.75) is 77.1 Å². The Kier molecular flexibility index (Phi) is 5.00. The number of hydrogen-bond donors (Lipinski definition) is 1. The third kappa shape index (κ3) is 4.35. The molecule has 1 heterocycles. The van der Waals surface area contributed by atoms with Crippen molar-refractivity contribution in [1.82, 2.24) is 9.80 Å². The highest BCUT2D eigenvalue weighted by Crippen LogP contribution is 2.30. The van der Waals surface area contributed by atoms with Crippen molar-refractivity contribution in [3.05, 3.63) is 0 Å². The molecule has 0 aromatic carbocycles. The molecule has 2 fully saturated rings. The van der Waals surface area contributed by atoms with E-state index >= 15 is 0 Å². The lowest BCUT2D eigenvalue weighted by Crippen LogP contribution is -2.50. The maximum absolute atomic E-state index is 12.3. The topological polar surface area (TPSA) is 75.9 Å². The third-order valence-electron chi connectivity index (χ3n) is 4.07. The van der Waals surface area contributed by atoms with Crippen LogP contribution in [0.1, 0.15) is 53.4 Å². The molecule has 0 bridgehead atoms. The van der Waals surface area contributed by atoms with E-state index in [4.69, 9.17) is 10.5 Å². The van der Waals surface area contributed by atoms with Gasteiger partial charge in [-0.2, -0.15) is 0 Å². The van der Waals surface area contributed by atoms with Crippen LogP contribution in [-0.4, -0.2) is 58.6 Å². The minimum absolute atomic E-state index is 0.0152. The van der Waals surface area contributed by atoms with Crippen molar-refractivity contribution in [2.24, 2.45) is 5.73 Å². The predicted molar refractivity (Wildman–Crippen MR) is 84.3 cm³/mol. The molecule has 126 valence electrons. The normalized spacial score (nSPS) is 23.3. The van der Waals surface area contributed by atoms with E-state index in [1.165, 1.54) is 0 Å². The fraction of sp³-hybridized carbons (Fsp3) is 0.875. The van der Waals surface area contributed by atoms with E-state index in [0.29, 0.717) is 19.1 Å². The van der Waals surface area contributed by atoms with E-state index in [1.807, 2.05) is 25.7 Å². The summed E-state index contributed by atoms with van der Waals surface area (Å²) >= 11 is 0. The van der Waals surface area contributed by atoms with Crippen LogP contribution in [0, 0.1) is 0 Å². The van der Waals surface area contributed by atoms with Gasteiger partial charge in [0.25, 0.3) is 0 Å². The molecule has 0 unspecified atom stereocenters. The summed E-state index contributed by atoms with van der Waals surface area (Å²) in [6.07, 6.45) is 3.66. The van der Waals surface area contributed by atoms with Gasteiger partial charge in [0.15, 0.2) is 0 Å². The number of hydrogen-bond acceptors (Lipinski definition) is 4. The minimum atomic E-state index is -0.498. The molecule has 2 atom stereocenters. The standard InChI is InChI=1S/C16H29N3O3/c1-11(17)14(20)19(12-7-8-12)10-13-6-5-9-18(13)15(21)22-16(2,3)4/h11-13H,5-10,17H2,1-4H3/t11-,13+/m0/s1. The molecule has 1 saturated heterocycles. The molecule has 22 heavy (non-hydrogen) atoms. The molecular weight excluding hydrogens is 282 g/mol. The third-order valence-corrected chi connectivity index (χ3v) is 4.07. The number of carbonyl (C=O) groups is 2. The summed E-state index contributed by atoms with van der Waals surface area (Å²) in [4.78, 5) is 28.2. The highest BCUT2D eigenvalue weighted by Gasteiger charge is 2.39. The van der Waals surface area contributed by atoms with E-state index in [9.17, 15) is 9.59 Å². The lowest BCUT2D eigenvalue weighted by molar-refractivity contribution is -0.133. The van der Waals surface area contributed by atoms with Gasteiger partial charge in [-0.15, -0.1) is 0 Å². The molecule has 0 radical (unpaired) electrons. The number of nitrogens with two attached hydrogens (primary N) is 1. The van der Waals surface area contributed by atoms with Crippen molar-refractivity contribution < 1.29 is 14.3 Å². The highest BCUT2D eigenvalue weighted by atomic mass is 16.6. The van der Waals surface area contributed by atoms with Crippen LogP contribution >= 0.6 is 0 Å². The summed E-state index contributed by atoms with van der Waals surface area (Å²) in [6, 6.07) is -0.144. The number of likely N-dealkylation sites (tertiary alicyclic amines) is 1. The summed E-state index contributed by atoms with van der Waals surface area (Å²) < 4.78 is 5.48. The largest absolute Gasteiger partial charge is 0.444 e. The van der Waals surface area contributed by atoms with Gasteiger partial charge in [0.1, 0.15) is 5.60 Å². The Balaban J connectivity index is 2.00. The van der Waals surface area contributed by atoms with Crippen LogP contribution in [0.3, 0.4) is 0 Å². The first-order chi connectivity index (χ1) is 10.2. The van der Waals surface area contributed by atoms with E-state index in [1.54, 1.807) is 11.8 Å². The van der Waals surface area contributed by atoms with Crippen molar-refractivity contribution in [3.63, 3.8) is 0 Å². The molecule has 1 aliphatic heterocycles. The molecule has 0 spiro atoms. The highest BCUT2D eigenvalue weighted by molar-refractivity contribution is 5.82. The molecule has 1 aliphatic carbocycles. The summed E-state index contributed by atoms with van der Waals surface area (Å²) in [5, 5.41) is 0. The molecule has 2 N–H and O–H groups in total. The van der Waals surface area contributed by atoms with E-state index in [2.05, 4.69) is 0 Å². The summed E-state index contributed by atoms with van der Waals surface area (Å²) in [5.41, 5.74) is 5.26. The number of ether oxygens (including phenoxy) is 1. The monoisotopic (exact) mass is 311 g/mol. The zero-order valence-electron chi connectivity index (χ0n) is 14.2. The average Bonchev–Trinajstić information content (AvgIpc) is 3.11. The van der Waals surface area contributed by atoms with Crippen molar-refractivity contribution in [3.8, 4) is 0 Å². The minimum Gasteiger partial charge on any atom is -0.444 e. The summed E-state index contributed by atoms with van der Waals surface area (Å²) in [5.74, 6) is -0.0152. The van der Waals surface area contributed by atoms with Crippen LogP contribution in [0.4, 0.5) is 4.79 Å². The van der Waals surface area contributed by atoms with Crippen molar-refractivity contribution >= 4 is 12.0 Å². The molecular formula is C16H29N3O3. The SMILES string of the molecule is C[C@H](N)C(=O)N(C[C@H]1CCCN1C(=O)OC(C)(C)C)C1CC1. The van der Waals surface area contributed by atoms with Gasteiger partial charge in [0.05, 0.1) is 12.1 Å². The zero-order chi connectivity index (χ0) is 16.5. The smallest absolute Gasteiger partial charge is 0.410 e. The summed E-state index contributed by atoms with van der Waals surface area (Å²) in [7, 11) is 0. The molecule has 2 amide bonds. The number of carbonyl (C=O) groups excluding carboxylic acids is 2.